The van der Waals surface area contributed by atoms with E-state index in [9.17, 15) is 14.0 Å². The lowest BCUT2D eigenvalue weighted by Crippen LogP contribution is -2.39. The van der Waals surface area contributed by atoms with Gasteiger partial charge in [0.1, 0.15) is 17.9 Å². The Morgan fingerprint density at radius 3 is 2.50 bits per heavy atom. The van der Waals surface area contributed by atoms with Crippen molar-refractivity contribution in [3.8, 4) is 11.4 Å². The summed E-state index contributed by atoms with van der Waals surface area (Å²) in [4.78, 5) is 24.7. The molecule has 3 rings (SSSR count). The number of aryl methyl sites for hydroxylation is 1. The quantitative estimate of drug-likeness (QED) is 0.556. The number of ether oxygens (including phenoxy) is 2. The Bertz CT molecular complexity index is 1100. The standard InChI is InChI=1S/C22H24FN3O4/c1-5-29-20(27)22(3,4)30-19-11-6-16(12-15(19)2)13-26-21(28)25(14-24-26)18-9-7-17(23)8-10-18/h6-12,14H,5,13H2,1-4H3. The number of benzene rings is 2. The monoisotopic (exact) mass is 413 g/mol. The van der Waals surface area contributed by atoms with Gasteiger partial charge in [0.2, 0.25) is 0 Å². The van der Waals surface area contributed by atoms with E-state index in [1.165, 1.54) is 39.8 Å². The molecule has 0 bridgehead atoms. The van der Waals surface area contributed by atoms with Gasteiger partial charge in [0.25, 0.3) is 0 Å². The molecule has 0 saturated heterocycles. The number of esters is 1. The fourth-order valence-corrected chi connectivity index (χ4v) is 2.94. The average Bonchev–Trinajstić information content (AvgIpc) is 3.05. The lowest BCUT2D eigenvalue weighted by atomic mass is 10.1. The van der Waals surface area contributed by atoms with E-state index in [1.54, 1.807) is 26.8 Å². The molecule has 0 aliphatic carbocycles. The van der Waals surface area contributed by atoms with Crippen LogP contribution < -0.4 is 10.4 Å². The van der Waals surface area contributed by atoms with Gasteiger partial charge >= 0.3 is 11.7 Å². The molecule has 0 aliphatic heterocycles. The average molecular weight is 413 g/mol. The molecular weight excluding hydrogens is 389 g/mol. The number of nitrogens with zero attached hydrogens (tertiary/aromatic N) is 3. The largest absolute Gasteiger partial charge is 0.476 e. The zero-order chi connectivity index (χ0) is 21.9. The number of hydrogen-bond acceptors (Lipinski definition) is 5. The second-order valence-corrected chi connectivity index (χ2v) is 7.35. The van der Waals surface area contributed by atoms with Crippen molar-refractivity contribution in [3.05, 3.63) is 76.2 Å². The number of hydrogen-bond donors (Lipinski definition) is 0. The van der Waals surface area contributed by atoms with Gasteiger partial charge in [-0.3, -0.25) is 0 Å². The first-order valence-electron chi connectivity index (χ1n) is 9.57. The van der Waals surface area contributed by atoms with Gasteiger partial charge in [-0.1, -0.05) is 12.1 Å². The molecule has 0 atom stereocenters. The van der Waals surface area contributed by atoms with E-state index < -0.39 is 11.6 Å². The summed E-state index contributed by atoms with van der Waals surface area (Å²) in [7, 11) is 0. The summed E-state index contributed by atoms with van der Waals surface area (Å²) in [5.74, 6) is -0.254. The van der Waals surface area contributed by atoms with Crippen LogP contribution in [0.3, 0.4) is 0 Å². The van der Waals surface area contributed by atoms with E-state index >= 15 is 0 Å². The number of aromatic nitrogens is 3. The first kappa shape index (κ1) is 21.3. The molecule has 0 N–H and O–H groups in total. The summed E-state index contributed by atoms with van der Waals surface area (Å²) in [6, 6.07) is 11.1. The van der Waals surface area contributed by atoms with Crippen LogP contribution >= 0.6 is 0 Å². The second kappa shape index (κ2) is 8.52. The van der Waals surface area contributed by atoms with Gasteiger partial charge in [-0.05, 0) is 69.2 Å². The van der Waals surface area contributed by atoms with E-state index in [0.29, 0.717) is 11.4 Å². The highest BCUT2D eigenvalue weighted by atomic mass is 19.1. The van der Waals surface area contributed by atoms with E-state index in [4.69, 9.17) is 9.47 Å². The highest BCUT2D eigenvalue weighted by Gasteiger charge is 2.32. The number of carbonyl (C=O) groups excluding carboxylic acids is 1. The van der Waals surface area contributed by atoms with Crippen LogP contribution in [-0.2, 0) is 16.1 Å². The van der Waals surface area contributed by atoms with Crippen LogP contribution in [0.5, 0.6) is 5.75 Å². The summed E-state index contributed by atoms with van der Waals surface area (Å²) in [5, 5.41) is 4.15. The van der Waals surface area contributed by atoms with Crippen LogP contribution in [0.4, 0.5) is 4.39 Å². The summed E-state index contributed by atoms with van der Waals surface area (Å²) in [5.41, 5.74) is 0.751. The van der Waals surface area contributed by atoms with E-state index in [1.807, 2.05) is 19.1 Å². The molecule has 7 nitrogen and oxygen atoms in total. The Kier molecular flexibility index (Phi) is 6.05. The molecule has 30 heavy (non-hydrogen) atoms. The SMILES string of the molecule is CCOC(=O)C(C)(C)Oc1ccc(Cn2ncn(-c3ccc(F)cc3)c2=O)cc1C. The van der Waals surface area contributed by atoms with Crippen LogP contribution in [0.1, 0.15) is 31.9 Å². The molecule has 0 fully saturated rings. The van der Waals surface area contributed by atoms with E-state index in [0.717, 1.165) is 11.1 Å². The maximum absolute atomic E-state index is 13.1. The molecule has 158 valence electrons. The van der Waals surface area contributed by atoms with Gasteiger partial charge < -0.3 is 9.47 Å². The molecule has 0 aliphatic rings. The molecule has 0 unspecified atom stereocenters. The predicted molar refractivity (Wildman–Crippen MR) is 109 cm³/mol. The zero-order valence-corrected chi connectivity index (χ0v) is 17.4. The normalized spacial score (nSPS) is 11.4. The van der Waals surface area contributed by atoms with Gasteiger partial charge in [-0.2, -0.15) is 5.10 Å². The Hall–Kier alpha value is -3.42. The predicted octanol–water partition coefficient (Wildman–Crippen LogP) is 3.25. The van der Waals surface area contributed by atoms with Crippen LogP contribution in [0.25, 0.3) is 5.69 Å². The van der Waals surface area contributed by atoms with Crippen molar-refractivity contribution in [1.29, 1.82) is 0 Å². The Labute approximate surface area is 173 Å². The van der Waals surface area contributed by atoms with Crippen LogP contribution in [0.2, 0.25) is 0 Å². The summed E-state index contributed by atoms with van der Waals surface area (Å²) < 4.78 is 26.7. The Morgan fingerprint density at radius 1 is 1.17 bits per heavy atom. The second-order valence-electron chi connectivity index (χ2n) is 7.35. The fourth-order valence-electron chi connectivity index (χ4n) is 2.94. The molecule has 8 heteroatoms. The van der Waals surface area contributed by atoms with Gasteiger partial charge in [0.05, 0.1) is 18.8 Å². The third kappa shape index (κ3) is 4.59. The topological polar surface area (TPSA) is 75.3 Å². The maximum atomic E-state index is 13.1. The molecule has 0 amide bonds. The smallest absolute Gasteiger partial charge is 0.350 e. The van der Waals surface area contributed by atoms with Crippen LogP contribution in [-0.4, -0.2) is 32.5 Å². The van der Waals surface area contributed by atoms with Crippen molar-refractivity contribution < 1.29 is 18.7 Å². The van der Waals surface area contributed by atoms with E-state index in [2.05, 4.69) is 5.10 Å². The van der Waals surface area contributed by atoms with E-state index in [-0.39, 0.29) is 24.7 Å². The zero-order valence-electron chi connectivity index (χ0n) is 17.4. The van der Waals surface area contributed by atoms with Gasteiger partial charge in [-0.25, -0.2) is 23.2 Å². The molecule has 3 aromatic rings. The minimum absolute atomic E-state index is 0.259. The van der Waals surface area contributed by atoms with Crippen molar-refractivity contribution in [2.45, 2.75) is 39.8 Å². The minimum Gasteiger partial charge on any atom is -0.476 e. The highest BCUT2D eigenvalue weighted by Crippen LogP contribution is 2.25. The first-order chi connectivity index (χ1) is 14.2. The maximum Gasteiger partial charge on any atom is 0.350 e. The summed E-state index contributed by atoms with van der Waals surface area (Å²) in [6.45, 7) is 7.45. The number of halogens is 1. The lowest BCUT2D eigenvalue weighted by molar-refractivity contribution is -0.158. The van der Waals surface area contributed by atoms with Crippen LogP contribution in [0, 0.1) is 12.7 Å². The number of rotatable bonds is 7. The minimum atomic E-state index is -1.12. The van der Waals surface area contributed by atoms with Crippen molar-refractivity contribution >= 4 is 5.97 Å². The third-order valence-electron chi connectivity index (χ3n) is 4.54. The molecule has 2 aromatic carbocycles. The fraction of sp³-hybridized carbons (Fsp3) is 0.318. The Morgan fingerprint density at radius 2 is 1.87 bits per heavy atom. The lowest BCUT2D eigenvalue weighted by Gasteiger charge is -2.25. The number of carbonyl (C=O) groups is 1. The van der Waals surface area contributed by atoms with Crippen molar-refractivity contribution in [2.24, 2.45) is 0 Å². The highest BCUT2D eigenvalue weighted by molar-refractivity contribution is 5.79. The van der Waals surface area contributed by atoms with Crippen molar-refractivity contribution in [2.75, 3.05) is 6.61 Å². The molecule has 0 spiro atoms. The summed E-state index contributed by atoms with van der Waals surface area (Å²) in [6.07, 6.45) is 1.40. The molecule has 1 aromatic heterocycles. The van der Waals surface area contributed by atoms with Gasteiger partial charge in [0, 0.05) is 0 Å². The Balaban J connectivity index is 1.77. The first-order valence-corrected chi connectivity index (χ1v) is 9.57. The van der Waals surface area contributed by atoms with Crippen molar-refractivity contribution in [3.63, 3.8) is 0 Å². The third-order valence-corrected chi connectivity index (χ3v) is 4.54. The molecule has 1 heterocycles. The van der Waals surface area contributed by atoms with Gasteiger partial charge in [0.15, 0.2) is 5.60 Å². The molecule has 0 radical (unpaired) electrons. The molecule has 0 saturated carbocycles. The van der Waals surface area contributed by atoms with Crippen molar-refractivity contribution in [1.82, 2.24) is 14.3 Å². The molecular formula is C22H24FN3O4. The van der Waals surface area contributed by atoms with Gasteiger partial charge in [-0.15, -0.1) is 0 Å². The summed E-state index contributed by atoms with van der Waals surface area (Å²) >= 11 is 0. The van der Waals surface area contributed by atoms with Crippen LogP contribution in [0.15, 0.2) is 53.6 Å².